The molecule has 0 saturated carbocycles. The van der Waals surface area contributed by atoms with Crippen molar-refractivity contribution in [2.75, 3.05) is 6.26 Å². The van der Waals surface area contributed by atoms with Gasteiger partial charge in [-0.2, -0.15) is 8.42 Å². The second-order valence-electron chi connectivity index (χ2n) is 5.15. The first-order valence-corrected chi connectivity index (χ1v) is 8.64. The molecule has 3 N–H and O–H groups in total. The van der Waals surface area contributed by atoms with Crippen molar-refractivity contribution in [3.63, 3.8) is 0 Å². The molecule has 2 rings (SSSR count). The molecule has 0 aliphatic rings. The molecule has 0 aliphatic carbocycles. The van der Waals surface area contributed by atoms with Crippen molar-refractivity contribution in [2.24, 2.45) is 5.73 Å². The molecular weight excluding hydrogens is 302 g/mol. The number of aliphatic hydroxyl groups is 1. The van der Waals surface area contributed by atoms with Crippen LogP contribution in [0.5, 0.6) is 5.75 Å². The van der Waals surface area contributed by atoms with E-state index in [0.717, 1.165) is 11.8 Å². The lowest BCUT2D eigenvalue weighted by atomic mass is 9.97. The minimum absolute atomic E-state index is 0.204. The van der Waals surface area contributed by atoms with E-state index in [2.05, 4.69) is 0 Å². The van der Waals surface area contributed by atoms with E-state index in [9.17, 15) is 13.5 Å². The summed E-state index contributed by atoms with van der Waals surface area (Å²) in [4.78, 5) is 0. The summed E-state index contributed by atoms with van der Waals surface area (Å²) in [5, 5.41) is 10.3. The molecule has 0 aromatic heterocycles. The normalized spacial score (nSPS) is 14.3. The van der Waals surface area contributed by atoms with Gasteiger partial charge >= 0.3 is 10.1 Å². The number of hydrogen-bond donors (Lipinski definition) is 2. The Balaban J connectivity index is 2.04. The van der Waals surface area contributed by atoms with Gasteiger partial charge in [-0.25, -0.2) is 0 Å². The first kappa shape index (κ1) is 16.5. The van der Waals surface area contributed by atoms with Gasteiger partial charge in [0.15, 0.2) is 0 Å². The highest BCUT2D eigenvalue weighted by Gasteiger charge is 2.17. The maximum Gasteiger partial charge on any atom is 0.306 e. The summed E-state index contributed by atoms with van der Waals surface area (Å²) in [5.74, 6) is 0.204. The number of rotatable bonds is 6. The Hall–Kier alpha value is -1.89. The van der Waals surface area contributed by atoms with Crippen molar-refractivity contribution in [2.45, 2.75) is 18.6 Å². The van der Waals surface area contributed by atoms with E-state index < -0.39 is 22.3 Å². The summed E-state index contributed by atoms with van der Waals surface area (Å²) in [6.45, 7) is 0. The maximum atomic E-state index is 11.0. The Bertz CT molecular complexity index is 699. The Kier molecular flexibility index (Phi) is 5.18. The highest BCUT2D eigenvalue weighted by molar-refractivity contribution is 7.86. The minimum Gasteiger partial charge on any atom is -0.387 e. The summed E-state index contributed by atoms with van der Waals surface area (Å²) < 4.78 is 26.8. The first-order valence-electron chi connectivity index (χ1n) is 6.82. The van der Waals surface area contributed by atoms with E-state index in [0.29, 0.717) is 12.0 Å². The monoisotopic (exact) mass is 321 g/mol. The van der Waals surface area contributed by atoms with Crippen molar-refractivity contribution in [1.82, 2.24) is 0 Å². The quantitative estimate of drug-likeness (QED) is 0.789. The van der Waals surface area contributed by atoms with E-state index in [4.69, 9.17) is 9.92 Å². The lowest BCUT2D eigenvalue weighted by Crippen LogP contribution is -2.30. The van der Waals surface area contributed by atoms with Gasteiger partial charge in [0.25, 0.3) is 0 Å². The molecule has 1 unspecified atom stereocenters. The fourth-order valence-corrected chi connectivity index (χ4v) is 2.60. The van der Waals surface area contributed by atoms with Gasteiger partial charge in [0.2, 0.25) is 0 Å². The van der Waals surface area contributed by atoms with E-state index in [-0.39, 0.29) is 5.75 Å². The number of aliphatic hydroxyl groups excluding tert-OH is 1. The fraction of sp³-hybridized carbons (Fsp3) is 0.250. The second-order valence-corrected chi connectivity index (χ2v) is 6.73. The minimum atomic E-state index is -3.55. The third-order valence-corrected chi connectivity index (χ3v) is 3.68. The molecule has 22 heavy (non-hydrogen) atoms. The van der Waals surface area contributed by atoms with Gasteiger partial charge in [-0.05, 0) is 29.7 Å². The van der Waals surface area contributed by atoms with Gasteiger partial charge in [-0.15, -0.1) is 0 Å². The van der Waals surface area contributed by atoms with Crippen LogP contribution in [0.3, 0.4) is 0 Å². The molecule has 0 heterocycles. The van der Waals surface area contributed by atoms with Gasteiger partial charge in [-0.1, -0.05) is 42.5 Å². The molecule has 2 aromatic carbocycles. The van der Waals surface area contributed by atoms with Crippen LogP contribution in [-0.4, -0.2) is 25.8 Å². The van der Waals surface area contributed by atoms with Crippen LogP contribution in [-0.2, 0) is 16.5 Å². The van der Waals surface area contributed by atoms with Gasteiger partial charge in [0.05, 0.1) is 12.4 Å². The van der Waals surface area contributed by atoms with Crippen LogP contribution < -0.4 is 9.92 Å². The standard InChI is InChI=1S/C16H19NO4S/c1-22(19,20)21-14-9-7-13(8-10-14)16(18)15(17)11-12-5-3-2-4-6-12/h2-10,15-16,18H,11,17H2,1H3/t15?,16-/m0/s1. The van der Waals surface area contributed by atoms with Gasteiger partial charge in [0.1, 0.15) is 5.75 Å². The smallest absolute Gasteiger partial charge is 0.306 e. The number of benzene rings is 2. The predicted octanol–water partition coefficient (Wildman–Crippen LogP) is 1.63. The SMILES string of the molecule is CS(=O)(=O)Oc1ccc([C@H](O)C(N)Cc2ccccc2)cc1. The zero-order valence-electron chi connectivity index (χ0n) is 12.2. The van der Waals surface area contributed by atoms with E-state index >= 15 is 0 Å². The Labute approximate surface area is 130 Å². The third-order valence-electron chi connectivity index (χ3n) is 3.19. The maximum absolute atomic E-state index is 11.0. The summed E-state index contributed by atoms with van der Waals surface area (Å²) in [7, 11) is -3.55. The van der Waals surface area contributed by atoms with Gasteiger partial charge in [0, 0.05) is 6.04 Å². The molecule has 0 aliphatic heterocycles. The predicted molar refractivity (Wildman–Crippen MR) is 85.0 cm³/mol. The molecule has 2 aromatic rings. The van der Waals surface area contributed by atoms with Crippen LogP contribution in [0, 0.1) is 0 Å². The van der Waals surface area contributed by atoms with Crippen molar-refractivity contribution in [3.05, 3.63) is 65.7 Å². The summed E-state index contributed by atoms with van der Waals surface area (Å²) in [6.07, 6.45) is 0.683. The number of nitrogens with two attached hydrogens (primary N) is 1. The van der Waals surface area contributed by atoms with E-state index in [1.807, 2.05) is 30.3 Å². The average Bonchev–Trinajstić information content (AvgIpc) is 2.46. The van der Waals surface area contributed by atoms with Crippen molar-refractivity contribution >= 4 is 10.1 Å². The molecule has 0 bridgehead atoms. The molecule has 0 fully saturated rings. The van der Waals surface area contributed by atoms with Crippen LogP contribution in [0.25, 0.3) is 0 Å². The van der Waals surface area contributed by atoms with Crippen LogP contribution in [0.2, 0.25) is 0 Å². The number of hydrogen-bond acceptors (Lipinski definition) is 5. The Morgan fingerprint density at radius 1 is 1.09 bits per heavy atom. The molecule has 0 spiro atoms. The van der Waals surface area contributed by atoms with Crippen molar-refractivity contribution in [1.29, 1.82) is 0 Å². The summed E-state index contributed by atoms with van der Waals surface area (Å²) in [6, 6.07) is 15.4. The largest absolute Gasteiger partial charge is 0.387 e. The topological polar surface area (TPSA) is 89.6 Å². The van der Waals surface area contributed by atoms with Crippen LogP contribution in [0.15, 0.2) is 54.6 Å². The molecule has 5 nitrogen and oxygen atoms in total. The van der Waals surface area contributed by atoms with E-state index in [1.54, 1.807) is 12.1 Å². The lowest BCUT2D eigenvalue weighted by molar-refractivity contribution is 0.146. The van der Waals surface area contributed by atoms with Crippen molar-refractivity contribution in [3.8, 4) is 5.75 Å². The third kappa shape index (κ3) is 4.84. The molecule has 0 amide bonds. The Morgan fingerprint density at radius 3 is 2.23 bits per heavy atom. The van der Waals surface area contributed by atoms with Crippen LogP contribution in [0.1, 0.15) is 17.2 Å². The molecule has 118 valence electrons. The molecular formula is C16H19NO4S. The zero-order valence-corrected chi connectivity index (χ0v) is 13.0. The first-order chi connectivity index (χ1) is 10.3. The molecule has 6 heteroatoms. The Morgan fingerprint density at radius 2 is 1.68 bits per heavy atom. The van der Waals surface area contributed by atoms with Crippen LogP contribution >= 0.6 is 0 Å². The van der Waals surface area contributed by atoms with Gasteiger partial charge < -0.3 is 15.0 Å². The highest BCUT2D eigenvalue weighted by Crippen LogP contribution is 2.22. The van der Waals surface area contributed by atoms with Crippen LogP contribution in [0.4, 0.5) is 0 Å². The summed E-state index contributed by atoms with van der Waals surface area (Å²) in [5.41, 5.74) is 7.71. The average molecular weight is 321 g/mol. The molecule has 0 saturated heterocycles. The molecule has 0 radical (unpaired) electrons. The summed E-state index contributed by atoms with van der Waals surface area (Å²) >= 11 is 0. The van der Waals surface area contributed by atoms with Gasteiger partial charge in [-0.3, -0.25) is 0 Å². The fourth-order valence-electron chi connectivity index (χ4n) is 2.14. The second kappa shape index (κ2) is 6.91. The lowest BCUT2D eigenvalue weighted by Gasteiger charge is -2.19. The molecule has 2 atom stereocenters. The highest BCUT2D eigenvalue weighted by atomic mass is 32.2. The van der Waals surface area contributed by atoms with E-state index in [1.165, 1.54) is 12.1 Å². The van der Waals surface area contributed by atoms with Crippen molar-refractivity contribution < 1.29 is 17.7 Å². The zero-order chi connectivity index (χ0) is 16.2.